The number of piperazine rings is 1. The van der Waals surface area contributed by atoms with Crippen LogP contribution in [-0.2, 0) is 4.79 Å². The van der Waals surface area contributed by atoms with Gasteiger partial charge in [0.25, 0.3) is 5.69 Å². The van der Waals surface area contributed by atoms with Gasteiger partial charge in [0, 0.05) is 37.9 Å². The molecule has 1 aliphatic heterocycles. The zero-order chi connectivity index (χ0) is 20.8. The molecule has 10 heteroatoms. The SMILES string of the molecule is O=C(CN1CCN(c2ccc([N+](=O)[O-])cc2OC(F)F)CC1)Nc1ccccc1. The fraction of sp³-hybridized carbons (Fsp3) is 0.316. The average molecular weight is 406 g/mol. The molecule has 0 radical (unpaired) electrons. The van der Waals surface area contributed by atoms with E-state index < -0.39 is 11.5 Å². The van der Waals surface area contributed by atoms with Crippen molar-refractivity contribution in [2.45, 2.75) is 6.61 Å². The number of hydrogen-bond acceptors (Lipinski definition) is 6. The summed E-state index contributed by atoms with van der Waals surface area (Å²) in [5.41, 5.74) is 0.765. The van der Waals surface area contributed by atoms with E-state index in [1.807, 2.05) is 28.0 Å². The molecular formula is C19H20F2N4O4. The molecule has 3 rings (SSSR count). The Morgan fingerprint density at radius 1 is 1.14 bits per heavy atom. The zero-order valence-electron chi connectivity index (χ0n) is 15.5. The Morgan fingerprint density at radius 3 is 2.45 bits per heavy atom. The molecule has 8 nitrogen and oxygen atoms in total. The number of nitrogens with zero attached hydrogens (tertiary/aromatic N) is 3. The predicted octanol–water partition coefficient (Wildman–Crippen LogP) is 2.96. The highest BCUT2D eigenvalue weighted by Crippen LogP contribution is 2.34. The summed E-state index contributed by atoms with van der Waals surface area (Å²) < 4.78 is 29.9. The number of non-ortho nitro benzene ring substituents is 1. The van der Waals surface area contributed by atoms with Gasteiger partial charge in [0.2, 0.25) is 5.91 Å². The first-order valence-electron chi connectivity index (χ1n) is 8.98. The van der Waals surface area contributed by atoms with Crippen molar-refractivity contribution < 1.29 is 23.2 Å². The summed E-state index contributed by atoms with van der Waals surface area (Å²) >= 11 is 0. The number of carbonyl (C=O) groups is 1. The minimum absolute atomic E-state index is 0.137. The molecule has 0 saturated carbocycles. The van der Waals surface area contributed by atoms with Crippen LogP contribution in [0.1, 0.15) is 0 Å². The van der Waals surface area contributed by atoms with E-state index >= 15 is 0 Å². The van der Waals surface area contributed by atoms with Crippen LogP contribution in [0.15, 0.2) is 48.5 Å². The molecule has 154 valence electrons. The lowest BCUT2D eigenvalue weighted by atomic mass is 10.2. The van der Waals surface area contributed by atoms with Crippen molar-refractivity contribution in [2.75, 3.05) is 42.9 Å². The van der Waals surface area contributed by atoms with Crippen LogP contribution in [0.5, 0.6) is 5.75 Å². The summed E-state index contributed by atoms with van der Waals surface area (Å²) in [6.45, 7) is -0.866. The first-order chi connectivity index (χ1) is 13.9. The second kappa shape index (κ2) is 9.28. The van der Waals surface area contributed by atoms with Gasteiger partial charge >= 0.3 is 6.61 Å². The van der Waals surface area contributed by atoms with Crippen molar-refractivity contribution in [1.82, 2.24) is 4.90 Å². The van der Waals surface area contributed by atoms with Gasteiger partial charge in [-0.05, 0) is 18.2 Å². The van der Waals surface area contributed by atoms with Crippen molar-refractivity contribution in [3.63, 3.8) is 0 Å². The van der Waals surface area contributed by atoms with E-state index in [0.29, 0.717) is 31.9 Å². The van der Waals surface area contributed by atoms with Gasteiger partial charge < -0.3 is 15.0 Å². The number of alkyl halides is 2. The maximum Gasteiger partial charge on any atom is 0.387 e. The molecule has 1 saturated heterocycles. The summed E-state index contributed by atoms with van der Waals surface area (Å²) in [6.07, 6.45) is 0. The minimum Gasteiger partial charge on any atom is -0.432 e. The van der Waals surface area contributed by atoms with Gasteiger partial charge in [0.05, 0.1) is 23.2 Å². The standard InChI is InChI=1S/C19H20F2N4O4/c20-19(21)29-17-12-15(25(27)28)6-7-16(17)24-10-8-23(9-11-24)13-18(26)22-14-4-2-1-3-5-14/h1-7,12,19H,8-11,13H2,(H,22,26). The molecule has 0 unspecified atom stereocenters. The van der Waals surface area contributed by atoms with Crippen LogP contribution in [0.2, 0.25) is 0 Å². The fourth-order valence-electron chi connectivity index (χ4n) is 3.14. The van der Waals surface area contributed by atoms with Gasteiger partial charge in [-0.3, -0.25) is 19.8 Å². The quantitative estimate of drug-likeness (QED) is 0.562. The Bertz CT molecular complexity index is 859. The van der Waals surface area contributed by atoms with Crippen LogP contribution in [0.25, 0.3) is 0 Å². The number of nitro groups is 1. The number of anilines is 2. The maximum atomic E-state index is 12.7. The number of nitro benzene ring substituents is 1. The number of ether oxygens (including phenoxy) is 1. The second-order valence-corrected chi connectivity index (χ2v) is 6.47. The smallest absolute Gasteiger partial charge is 0.387 e. The lowest BCUT2D eigenvalue weighted by Crippen LogP contribution is -2.48. The molecule has 2 aromatic rings. The molecule has 1 aliphatic rings. The van der Waals surface area contributed by atoms with E-state index in [0.717, 1.165) is 11.8 Å². The fourth-order valence-corrected chi connectivity index (χ4v) is 3.14. The summed E-state index contributed by atoms with van der Waals surface area (Å²) in [5.74, 6) is -0.369. The number of para-hydroxylation sites is 1. The summed E-state index contributed by atoms with van der Waals surface area (Å²) in [7, 11) is 0. The molecule has 1 N–H and O–H groups in total. The van der Waals surface area contributed by atoms with Crippen LogP contribution in [0.4, 0.5) is 25.8 Å². The van der Waals surface area contributed by atoms with Crippen LogP contribution < -0.4 is 15.0 Å². The molecule has 0 atom stereocenters. The van der Waals surface area contributed by atoms with E-state index in [1.54, 1.807) is 12.1 Å². The van der Waals surface area contributed by atoms with Crippen LogP contribution in [0.3, 0.4) is 0 Å². The lowest BCUT2D eigenvalue weighted by molar-refractivity contribution is -0.385. The largest absolute Gasteiger partial charge is 0.432 e. The molecular weight excluding hydrogens is 386 g/mol. The molecule has 0 aromatic heterocycles. The first kappa shape index (κ1) is 20.5. The molecule has 0 aliphatic carbocycles. The van der Waals surface area contributed by atoms with E-state index in [9.17, 15) is 23.7 Å². The topological polar surface area (TPSA) is 88.0 Å². The van der Waals surface area contributed by atoms with E-state index in [1.165, 1.54) is 12.1 Å². The normalized spacial score (nSPS) is 14.7. The molecule has 1 heterocycles. The Morgan fingerprint density at radius 2 is 1.83 bits per heavy atom. The van der Waals surface area contributed by atoms with Crippen molar-refractivity contribution in [3.05, 3.63) is 58.6 Å². The molecule has 0 spiro atoms. The second-order valence-electron chi connectivity index (χ2n) is 6.47. The van der Waals surface area contributed by atoms with Gasteiger partial charge in [-0.15, -0.1) is 0 Å². The molecule has 29 heavy (non-hydrogen) atoms. The number of halogens is 2. The van der Waals surface area contributed by atoms with E-state index in [4.69, 9.17) is 0 Å². The zero-order valence-corrected chi connectivity index (χ0v) is 15.5. The van der Waals surface area contributed by atoms with Crippen LogP contribution in [0, 0.1) is 10.1 Å². The molecule has 1 amide bonds. The number of amides is 1. The number of rotatable bonds is 7. The molecule has 0 bridgehead atoms. The Labute approximate surface area is 165 Å². The monoisotopic (exact) mass is 406 g/mol. The van der Waals surface area contributed by atoms with Gasteiger partial charge in [-0.25, -0.2) is 0 Å². The summed E-state index contributed by atoms with van der Waals surface area (Å²) in [6, 6.07) is 12.8. The summed E-state index contributed by atoms with van der Waals surface area (Å²) in [4.78, 5) is 26.2. The van der Waals surface area contributed by atoms with Crippen molar-refractivity contribution in [2.24, 2.45) is 0 Å². The number of nitrogens with one attached hydrogen (secondary N) is 1. The van der Waals surface area contributed by atoms with Gasteiger partial charge in [-0.2, -0.15) is 8.78 Å². The highest BCUT2D eigenvalue weighted by Gasteiger charge is 2.24. The van der Waals surface area contributed by atoms with E-state index in [-0.39, 0.29) is 23.9 Å². The lowest BCUT2D eigenvalue weighted by Gasteiger charge is -2.36. The van der Waals surface area contributed by atoms with Crippen molar-refractivity contribution >= 4 is 23.0 Å². The molecule has 1 fully saturated rings. The average Bonchev–Trinajstić information content (AvgIpc) is 2.69. The van der Waals surface area contributed by atoms with Crippen LogP contribution in [-0.4, -0.2) is 55.1 Å². The Balaban J connectivity index is 1.60. The van der Waals surface area contributed by atoms with E-state index in [2.05, 4.69) is 10.1 Å². The van der Waals surface area contributed by atoms with Gasteiger partial charge in [-0.1, -0.05) is 18.2 Å². The number of benzene rings is 2. The number of carbonyl (C=O) groups excluding carboxylic acids is 1. The highest BCUT2D eigenvalue weighted by molar-refractivity contribution is 5.92. The van der Waals surface area contributed by atoms with Gasteiger partial charge in [0.15, 0.2) is 5.75 Å². The predicted molar refractivity (Wildman–Crippen MR) is 103 cm³/mol. The maximum absolute atomic E-state index is 12.7. The third kappa shape index (κ3) is 5.61. The number of hydrogen-bond donors (Lipinski definition) is 1. The summed E-state index contributed by atoms with van der Waals surface area (Å²) in [5, 5.41) is 13.7. The van der Waals surface area contributed by atoms with Crippen LogP contribution >= 0.6 is 0 Å². The third-order valence-electron chi connectivity index (χ3n) is 4.51. The third-order valence-corrected chi connectivity index (χ3v) is 4.51. The van der Waals surface area contributed by atoms with Crippen molar-refractivity contribution in [1.29, 1.82) is 0 Å². The minimum atomic E-state index is -3.08. The molecule has 2 aromatic carbocycles. The highest BCUT2D eigenvalue weighted by atomic mass is 19.3. The Hall–Kier alpha value is -3.27. The van der Waals surface area contributed by atoms with Gasteiger partial charge in [0.1, 0.15) is 0 Å². The van der Waals surface area contributed by atoms with Crippen molar-refractivity contribution in [3.8, 4) is 5.75 Å². The Kier molecular flexibility index (Phi) is 6.55. The first-order valence-corrected chi connectivity index (χ1v) is 8.98.